The van der Waals surface area contributed by atoms with Gasteiger partial charge in [-0.3, -0.25) is 0 Å². The molecule has 2 rings (SSSR count). The standard InChI is InChI=1S/C10H11BrO3S/c1-15(13,14)9-3-2-7(11)6-8(9)10(12)4-5-10/h2-3,6,12H,4-5H2,1H3. The van der Waals surface area contributed by atoms with E-state index in [0.29, 0.717) is 18.4 Å². The SMILES string of the molecule is CS(=O)(=O)c1ccc(Br)cc1C1(O)CC1. The molecule has 0 aliphatic heterocycles. The first-order valence-corrected chi connectivity index (χ1v) is 7.24. The number of halogens is 1. The third-order valence-corrected chi connectivity index (χ3v) is 4.21. The molecular weight excluding hydrogens is 280 g/mol. The predicted molar refractivity (Wildman–Crippen MR) is 60.4 cm³/mol. The fourth-order valence-electron chi connectivity index (χ4n) is 1.58. The minimum absolute atomic E-state index is 0.228. The zero-order valence-corrected chi connectivity index (χ0v) is 10.6. The fourth-order valence-corrected chi connectivity index (χ4v) is 2.90. The van der Waals surface area contributed by atoms with Crippen molar-refractivity contribution in [3.63, 3.8) is 0 Å². The van der Waals surface area contributed by atoms with E-state index in [1.54, 1.807) is 12.1 Å². The second-order valence-corrected chi connectivity index (χ2v) is 6.84. The Morgan fingerprint density at radius 3 is 2.47 bits per heavy atom. The largest absolute Gasteiger partial charge is 0.385 e. The molecule has 0 unspecified atom stereocenters. The van der Waals surface area contributed by atoms with Crippen LogP contribution in [0.3, 0.4) is 0 Å². The van der Waals surface area contributed by atoms with Crippen LogP contribution in [0.4, 0.5) is 0 Å². The van der Waals surface area contributed by atoms with E-state index in [9.17, 15) is 13.5 Å². The van der Waals surface area contributed by atoms with Gasteiger partial charge in [0.2, 0.25) is 0 Å². The van der Waals surface area contributed by atoms with Gasteiger partial charge < -0.3 is 5.11 Å². The molecule has 0 saturated heterocycles. The molecule has 15 heavy (non-hydrogen) atoms. The van der Waals surface area contributed by atoms with E-state index in [-0.39, 0.29) is 4.90 Å². The first-order valence-electron chi connectivity index (χ1n) is 4.55. The van der Waals surface area contributed by atoms with E-state index in [1.807, 2.05) is 0 Å². The lowest BCUT2D eigenvalue weighted by Crippen LogP contribution is -2.11. The van der Waals surface area contributed by atoms with Gasteiger partial charge in [-0.1, -0.05) is 15.9 Å². The molecule has 5 heteroatoms. The van der Waals surface area contributed by atoms with E-state index < -0.39 is 15.4 Å². The Morgan fingerprint density at radius 1 is 1.40 bits per heavy atom. The first-order chi connectivity index (χ1) is 6.83. The zero-order valence-electron chi connectivity index (χ0n) is 8.20. The number of sulfone groups is 1. The van der Waals surface area contributed by atoms with Gasteiger partial charge in [0.25, 0.3) is 0 Å². The molecule has 82 valence electrons. The molecule has 1 saturated carbocycles. The number of rotatable bonds is 2. The summed E-state index contributed by atoms with van der Waals surface area (Å²) in [5.41, 5.74) is -0.415. The fraction of sp³-hybridized carbons (Fsp3) is 0.400. The van der Waals surface area contributed by atoms with Gasteiger partial charge in [-0.2, -0.15) is 0 Å². The summed E-state index contributed by atoms with van der Waals surface area (Å²) in [6.07, 6.45) is 2.42. The maximum atomic E-state index is 11.5. The van der Waals surface area contributed by atoms with Crippen LogP contribution in [0.1, 0.15) is 18.4 Å². The Balaban J connectivity index is 2.65. The van der Waals surface area contributed by atoms with Crippen molar-refractivity contribution < 1.29 is 13.5 Å². The van der Waals surface area contributed by atoms with Crippen molar-refractivity contribution in [1.29, 1.82) is 0 Å². The molecule has 0 atom stereocenters. The van der Waals surface area contributed by atoms with Gasteiger partial charge in [0.15, 0.2) is 9.84 Å². The lowest BCUT2D eigenvalue weighted by atomic mass is 10.1. The minimum atomic E-state index is -3.27. The summed E-state index contributed by atoms with van der Waals surface area (Å²) in [4.78, 5) is 0.228. The van der Waals surface area contributed by atoms with Crippen LogP contribution in [0.15, 0.2) is 27.6 Å². The van der Waals surface area contributed by atoms with Crippen LogP contribution in [-0.4, -0.2) is 19.8 Å². The maximum absolute atomic E-state index is 11.5. The van der Waals surface area contributed by atoms with Crippen molar-refractivity contribution in [1.82, 2.24) is 0 Å². The Morgan fingerprint density at radius 2 is 2.00 bits per heavy atom. The summed E-state index contributed by atoms with van der Waals surface area (Å²) in [5, 5.41) is 9.98. The second-order valence-electron chi connectivity index (χ2n) is 3.94. The highest BCUT2D eigenvalue weighted by Crippen LogP contribution is 2.48. The first kappa shape index (κ1) is 11.1. The van der Waals surface area contributed by atoms with Gasteiger partial charge in [-0.15, -0.1) is 0 Å². The molecule has 1 aliphatic carbocycles. The van der Waals surface area contributed by atoms with Crippen LogP contribution < -0.4 is 0 Å². The van der Waals surface area contributed by atoms with Crippen LogP contribution in [-0.2, 0) is 15.4 Å². The number of hydrogen-bond donors (Lipinski definition) is 1. The van der Waals surface area contributed by atoms with Crippen LogP contribution in [0.5, 0.6) is 0 Å². The summed E-state index contributed by atoms with van der Waals surface area (Å²) in [5.74, 6) is 0. The summed E-state index contributed by atoms with van der Waals surface area (Å²) < 4.78 is 23.8. The molecular formula is C10H11BrO3S. The quantitative estimate of drug-likeness (QED) is 0.904. The van der Waals surface area contributed by atoms with E-state index in [1.165, 1.54) is 6.07 Å². The molecule has 0 heterocycles. The third kappa shape index (κ3) is 2.09. The zero-order chi connectivity index (χ0) is 11.3. The van der Waals surface area contributed by atoms with Gasteiger partial charge in [0.05, 0.1) is 10.5 Å². The molecule has 1 aliphatic rings. The van der Waals surface area contributed by atoms with Crippen molar-refractivity contribution in [3.8, 4) is 0 Å². The van der Waals surface area contributed by atoms with E-state index in [0.717, 1.165) is 10.7 Å². The lowest BCUT2D eigenvalue weighted by Gasteiger charge is -2.13. The summed E-state index contributed by atoms with van der Waals surface area (Å²) in [6.45, 7) is 0. The Kier molecular flexibility index (Phi) is 2.44. The van der Waals surface area contributed by atoms with Crippen molar-refractivity contribution in [3.05, 3.63) is 28.2 Å². The molecule has 0 amide bonds. The predicted octanol–water partition coefficient (Wildman–Crippen LogP) is 1.83. The minimum Gasteiger partial charge on any atom is -0.385 e. The van der Waals surface area contributed by atoms with Gasteiger partial charge in [-0.05, 0) is 31.0 Å². The highest BCUT2D eigenvalue weighted by atomic mass is 79.9. The molecule has 0 spiro atoms. The number of benzene rings is 1. The van der Waals surface area contributed by atoms with Crippen LogP contribution in [0, 0.1) is 0 Å². The summed E-state index contributed by atoms with van der Waals surface area (Å²) in [6, 6.07) is 4.89. The molecule has 0 radical (unpaired) electrons. The monoisotopic (exact) mass is 290 g/mol. The summed E-state index contributed by atoms with van der Waals surface area (Å²) in [7, 11) is -3.27. The van der Waals surface area contributed by atoms with Crippen LogP contribution in [0.25, 0.3) is 0 Å². The molecule has 0 bridgehead atoms. The van der Waals surface area contributed by atoms with Crippen molar-refractivity contribution >= 4 is 25.8 Å². The lowest BCUT2D eigenvalue weighted by molar-refractivity contribution is 0.148. The molecule has 3 nitrogen and oxygen atoms in total. The Labute approximate surface area is 97.2 Å². The highest BCUT2D eigenvalue weighted by Gasteiger charge is 2.44. The van der Waals surface area contributed by atoms with Crippen molar-refractivity contribution in [2.24, 2.45) is 0 Å². The molecule has 1 aromatic rings. The van der Waals surface area contributed by atoms with Crippen LogP contribution in [0.2, 0.25) is 0 Å². The Hall–Kier alpha value is -0.390. The molecule has 1 aromatic carbocycles. The highest BCUT2D eigenvalue weighted by molar-refractivity contribution is 9.10. The topological polar surface area (TPSA) is 54.4 Å². The Bertz CT molecular complexity index is 503. The van der Waals surface area contributed by atoms with Crippen LogP contribution >= 0.6 is 15.9 Å². The van der Waals surface area contributed by atoms with Gasteiger partial charge >= 0.3 is 0 Å². The van der Waals surface area contributed by atoms with Gasteiger partial charge in [0.1, 0.15) is 0 Å². The normalized spacial score (nSPS) is 18.9. The van der Waals surface area contributed by atoms with Crippen molar-refractivity contribution in [2.45, 2.75) is 23.3 Å². The van der Waals surface area contributed by atoms with Crippen molar-refractivity contribution in [2.75, 3.05) is 6.26 Å². The molecule has 0 aromatic heterocycles. The maximum Gasteiger partial charge on any atom is 0.175 e. The number of aliphatic hydroxyl groups is 1. The second kappa shape index (κ2) is 3.30. The van der Waals surface area contributed by atoms with Gasteiger partial charge in [0, 0.05) is 16.3 Å². The third-order valence-electron chi connectivity index (χ3n) is 2.57. The average Bonchev–Trinajstić information content (AvgIpc) is 2.83. The summed E-state index contributed by atoms with van der Waals surface area (Å²) >= 11 is 3.28. The average molecular weight is 291 g/mol. The van der Waals surface area contributed by atoms with Gasteiger partial charge in [-0.25, -0.2) is 8.42 Å². The smallest absolute Gasteiger partial charge is 0.175 e. The molecule has 1 N–H and O–H groups in total. The van der Waals surface area contributed by atoms with E-state index in [2.05, 4.69) is 15.9 Å². The molecule has 1 fully saturated rings. The van der Waals surface area contributed by atoms with E-state index >= 15 is 0 Å². The number of hydrogen-bond acceptors (Lipinski definition) is 3. The van der Waals surface area contributed by atoms with E-state index in [4.69, 9.17) is 0 Å².